The van der Waals surface area contributed by atoms with Crippen molar-refractivity contribution in [3.8, 4) is 29.1 Å². The van der Waals surface area contributed by atoms with Crippen LogP contribution in [-0.2, 0) is 23.2 Å². The van der Waals surface area contributed by atoms with Gasteiger partial charge in [-0.15, -0.1) is 0 Å². The Morgan fingerprint density at radius 3 is 2.37 bits per heavy atom. The standard InChI is InChI=1S/C35H39NO5/c1-38-31-17-15-28(21-34(31)41-29-10-6-7-11-29)35(24-36)19-18-30(37)27(22-35)14-12-25-13-16-32(33(20-25)39-2)40-23-26-8-4-3-5-9-26/h3-5,8-9,13,15-17,20-21,27,29H,6-7,10-12,14,18-19,22-23H2,1-2H3. The Labute approximate surface area is 243 Å². The van der Waals surface area contributed by atoms with E-state index in [1.807, 2.05) is 66.7 Å². The van der Waals surface area contributed by atoms with Gasteiger partial charge in [-0.25, -0.2) is 0 Å². The van der Waals surface area contributed by atoms with E-state index in [1.54, 1.807) is 14.2 Å². The summed E-state index contributed by atoms with van der Waals surface area (Å²) in [6.07, 6.45) is 7.44. The van der Waals surface area contributed by atoms with Crippen LogP contribution in [0.4, 0.5) is 0 Å². The van der Waals surface area contributed by atoms with E-state index >= 15 is 0 Å². The fraction of sp³-hybridized carbons (Fsp3) is 0.429. The van der Waals surface area contributed by atoms with E-state index in [9.17, 15) is 10.1 Å². The van der Waals surface area contributed by atoms with Crippen LogP contribution >= 0.6 is 0 Å². The predicted octanol–water partition coefficient (Wildman–Crippen LogP) is 7.37. The molecule has 2 saturated carbocycles. The minimum atomic E-state index is -0.731. The summed E-state index contributed by atoms with van der Waals surface area (Å²) in [6.45, 7) is 0.460. The minimum absolute atomic E-state index is 0.185. The van der Waals surface area contributed by atoms with Crippen LogP contribution in [0.3, 0.4) is 0 Å². The van der Waals surface area contributed by atoms with Crippen molar-refractivity contribution in [1.29, 1.82) is 5.26 Å². The molecule has 0 spiro atoms. The second-order valence-corrected chi connectivity index (χ2v) is 11.2. The first-order valence-corrected chi connectivity index (χ1v) is 14.7. The lowest BCUT2D eigenvalue weighted by Crippen LogP contribution is -2.36. The zero-order valence-corrected chi connectivity index (χ0v) is 24.1. The number of Topliss-reactive ketones (excluding diaryl/α,β-unsaturated/α-hetero) is 1. The van der Waals surface area contributed by atoms with Crippen LogP contribution in [-0.4, -0.2) is 26.1 Å². The molecule has 2 fully saturated rings. The average molecular weight is 554 g/mol. The molecule has 0 amide bonds. The van der Waals surface area contributed by atoms with Crippen molar-refractivity contribution in [2.75, 3.05) is 14.2 Å². The number of benzene rings is 3. The van der Waals surface area contributed by atoms with Gasteiger partial charge >= 0.3 is 0 Å². The van der Waals surface area contributed by atoms with E-state index in [4.69, 9.17) is 18.9 Å². The molecular weight excluding hydrogens is 514 g/mol. The third-order valence-electron chi connectivity index (χ3n) is 8.62. The van der Waals surface area contributed by atoms with Gasteiger partial charge in [-0.1, -0.05) is 42.5 Å². The number of methoxy groups -OCH3 is 2. The molecular formula is C35H39NO5. The molecule has 6 nitrogen and oxygen atoms in total. The average Bonchev–Trinajstić information content (AvgIpc) is 3.53. The molecule has 0 saturated heterocycles. The van der Waals surface area contributed by atoms with E-state index in [1.165, 1.54) is 12.8 Å². The van der Waals surface area contributed by atoms with Crippen LogP contribution in [0.25, 0.3) is 0 Å². The summed E-state index contributed by atoms with van der Waals surface area (Å²) in [5, 5.41) is 10.5. The van der Waals surface area contributed by atoms with Gasteiger partial charge in [0.25, 0.3) is 0 Å². The van der Waals surface area contributed by atoms with Crippen molar-refractivity contribution < 1.29 is 23.7 Å². The molecule has 0 aromatic heterocycles. The monoisotopic (exact) mass is 553 g/mol. The molecule has 6 heteroatoms. The number of ether oxygens (including phenoxy) is 4. The van der Waals surface area contributed by atoms with Crippen LogP contribution < -0.4 is 18.9 Å². The summed E-state index contributed by atoms with van der Waals surface area (Å²) in [5.74, 6) is 2.79. The second kappa shape index (κ2) is 13.1. The first-order valence-electron chi connectivity index (χ1n) is 14.7. The third kappa shape index (κ3) is 6.68. The second-order valence-electron chi connectivity index (χ2n) is 11.2. The number of hydrogen-bond donors (Lipinski definition) is 0. The van der Waals surface area contributed by atoms with Gasteiger partial charge in [0.05, 0.1) is 31.8 Å². The SMILES string of the molecule is COc1cc(CCC2CC(C#N)(c3ccc(OC)c(OC4CCCC4)c3)CCC2=O)ccc1OCc1ccccc1. The summed E-state index contributed by atoms with van der Waals surface area (Å²) in [7, 11) is 3.28. The zero-order valence-electron chi connectivity index (χ0n) is 24.1. The lowest BCUT2D eigenvalue weighted by atomic mass is 9.65. The Balaban J connectivity index is 1.27. The van der Waals surface area contributed by atoms with Gasteiger partial charge in [0.1, 0.15) is 12.4 Å². The lowest BCUT2D eigenvalue weighted by molar-refractivity contribution is -0.125. The van der Waals surface area contributed by atoms with Crippen LogP contribution in [0.15, 0.2) is 66.7 Å². The van der Waals surface area contributed by atoms with E-state index in [-0.39, 0.29) is 17.8 Å². The topological polar surface area (TPSA) is 77.8 Å². The van der Waals surface area contributed by atoms with E-state index in [0.29, 0.717) is 61.7 Å². The summed E-state index contributed by atoms with van der Waals surface area (Å²) in [6, 6.07) is 24.4. The fourth-order valence-electron chi connectivity index (χ4n) is 6.18. The molecule has 0 bridgehead atoms. The maximum atomic E-state index is 13.0. The van der Waals surface area contributed by atoms with Gasteiger partial charge in [0, 0.05) is 12.3 Å². The normalized spacial score (nSPS) is 20.8. The highest BCUT2D eigenvalue weighted by Crippen LogP contribution is 2.45. The highest BCUT2D eigenvalue weighted by atomic mass is 16.5. The number of carbonyl (C=O) groups is 1. The summed E-state index contributed by atoms with van der Waals surface area (Å²) in [4.78, 5) is 13.0. The number of nitrogens with zero attached hydrogens (tertiary/aromatic N) is 1. The Morgan fingerprint density at radius 2 is 1.63 bits per heavy atom. The molecule has 2 atom stereocenters. The number of nitriles is 1. The Bertz CT molecular complexity index is 1380. The molecule has 0 N–H and O–H groups in total. The summed E-state index contributed by atoms with van der Waals surface area (Å²) < 4.78 is 23.5. The summed E-state index contributed by atoms with van der Waals surface area (Å²) >= 11 is 0. The number of carbonyl (C=O) groups excluding carboxylic acids is 1. The maximum Gasteiger partial charge on any atom is 0.161 e. The maximum absolute atomic E-state index is 13.0. The summed E-state index contributed by atoms with van der Waals surface area (Å²) in [5.41, 5.74) is 2.34. The van der Waals surface area contributed by atoms with Gasteiger partial charge in [-0.05, 0) is 92.3 Å². The predicted molar refractivity (Wildman–Crippen MR) is 158 cm³/mol. The van der Waals surface area contributed by atoms with Crippen molar-refractivity contribution in [3.63, 3.8) is 0 Å². The Kier molecular flexibility index (Phi) is 9.14. The molecule has 2 aliphatic rings. The lowest BCUT2D eigenvalue weighted by Gasteiger charge is -2.36. The van der Waals surface area contributed by atoms with Gasteiger partial charge in [-0.2, -0.15) is 5.26 Å². The molecule has 214 valence electrons. The first kappa shape index (κ1) is 28.5. The number of ketones is 1. The fourth-order valence-corrected chi connectivity index (χ4v) is 6.18. The molecule has 0 radical (unpaired) electrons. The Morgan fingerprint density at radius 1 is 0.878 bits per heavy atom. The minimum Gasteiger partial charge on any atom is -0.493 e. The molecule has 0 aliphatic heterocycles. The number of rotatable bonds is 11. The van der Waals surface area contributed by atoms with Gasteiger partial charge < -0.3 is 18.9 Å². The van der Waals surface area contributed by atoms with Crippen molar-refractivity contribution in [3.05, 3.63) is 83.4 Å². The van der Waals surface area contributed by atoms with Crippen molar-refractivity contribution in [1.82, 2.24) is 0 Å². The number of aryl methyl sites for hydroxylation is 1. The molecule has 3 aromatic rings. The van der Waals surface area contributed by atoms with Crippen LogP contribution in [0.2, 0.25) is 0 Å². The van der Waals surface area contributed by atoms with Gasteiger partial charge in [0.2, 0.25) is 0 Å². The highest BCUT2D eigenvalue weighted by molar-refractivity contribution is 5.82. The van der Waals surface area contributed by atoms with Crippen LogP contribution in [0.1, 0.15) is 68.1 Å². The van der Waals surface area contributed by atoms with Crippen molar-refractivity contribution >= 4 is 5.78 Å². The van der Waals surface area contributed by atoms with Gasteiger partial charge in [0.15, 0.2) is 23.0 Å². The molecule has 2 unspecified atom stereocenters. The molecule has 2 aliphatic carbocycles. The van der Waals surface area contributed by atoms with Gasteiger partial charge in [-0.3, -0.25) is 4.79 Å². The molecule has 3 aromatic carbocycles. The Hall–Kier alpha value is -3.98. The smallest absolute Gasteiger partial charge is 0.161 e. The quantitative estimate of drug-likeness (QED) is 0.247. The largest absolute Gasteiger partial charge is 0.493 e. The third-order valence-corrected chi connectivity index (χ3v) is 8.62. The van der Waals surface area contributed by atoms with E-state index < -0.39 is 5.41 Å². The van der Waals surface area contributed by atoms with Crippen molar-refractivity contribution in [2.45, 2.75) is 75.9 Å². The number of hydrogen-bond acceptors (Lipinski definition) is 6. The van der Waals surface area contributed by atoms with Crippen molar-refractivity contribution in [2.24, 2.45) is 5.92 Å². The molecule has 41 heavy (non-hydrogen) atoms. The van der Waals surface area contributed by atoms with E-state index in [2.05, 4.69) is 6.07 Å². The van der Waals surface area contributed by atoms with Crippen LogP contribution in [0.5, 0.6) is 23.0 Å². The molecule has 5 rings (SSSR count). The van der Waals surface area contributed by atoms with Crippen LogP contribution in [0, 0.1) is 17.2 Å². The molecule has 0 heterocycles. The first-order chi connectivity index (χ1) is 20.0. The zero-order chi connectivity index (χ0) is 28.7. The highest BCUT2D eigenvalue weighted by Gasteiger charge is 2.42. The van der Waals surface area contributed by atoms with E-state index in [0.717, 1.165) is 29.5 Å².